The van der Waals surface area contributed by atoms with Crippen LogP contribution in [0.4, 0.5) is 0 Å². The van der Waals surface area contributed by atoms with Crippen LogP contribution >= 0.6 is 0 Å². The third kappa shape index (κ3) is 4.53. The van der Waals surface area contributed by atoms with Crippen LogP contribution in [0.5, 0.6) is 0 Å². The van der Waals surface area contributed by atoms with Crippen molar-refractivity contribution in [2.75, 3.05) is 27.2 Å². The molecule has 0 aliphatic heterocycles. The molecule has 0 heterocycles. The molecule has 2 aromatic rings. The Kier molecular flexibility index (Phi) is 5.73. The molecule has 0 saturated heterocycles. The maximum atomic E-state index is 12.3. The lowest BCUT2D eigenvalue weighted by molar-refractivity contribution is 0.0691. The van der Waals surface area contributed by atoms with Gasteiger partial charge in [0.2, 0.25) is 0 Å². The van der Waals surface area contributed by atoms with Gasteiger partial charge in [-0.3, -0.25) is 4.79 Å². The summed E-state index contributed by atoms with van der Waals surface area (Å²) >= 11 is 0. The van der Waals surface area contributed by atoms with Gasteiger partial charge in [-0.25, -0.2) is 9.52 Å². The Morgan fingerprint density at radius 3 is 2.12 bits per heavy atom. The number of nitrogens with one attached hydrogen (secondary N) is 2. The van der Waals surface area contributed by atoms with Gasteiger partial charge in [0.1, 0.15) is 0 Å². The molecule has 0 aromatic heterocycles. The van der Waals surface area contributed by atoms with Crippen LogP contribution in [0.15, 0.2) is 36.4 Å². The summed E-state index contributed by atoms with van der Waals surface area (Å²) in [6, 6.07) is 10.1. The van der Waals surface area contributed by atoms with Crippen molar-refractivity contribution >= 4 is 32.9 Å². The zero-order valence-electron chi connectivity index (χ0n) is 13.8. The van der Waals surface area contributed by atoms with E-state index in [9.17, 15) is 23.1 Å². The van der Waals surface area contributed by atoms with Crippen LogP contribution in [0.2, 0.25) is 0 Å². The van der Waals surface area contributed by atoms with E-state index in [1.165, 1.54) is 26.2 Å². The molecular weight excluding hydrogens is 346 g/mol. The van der Waals surface area contributed by atoms with Crippen molar-refractivity contribution in [2.45, 2.75) is 0 Å². The first-order chi connectivity index (χ1) is 11.7. The minimum Gasteiger partial charge on any atom is -0.478 e. The number of benzene rings is 2. The number of carboxylic acid groups (broad SMARTS) is 1. The summed E-state index contributed by atoms with van der Waals surface area (Å²) in [5.74, 6) is -1.78. The second-order valence-electron chi connectivity index (χ2n) is 5.49. The smallest absolute Gasteiger partial charge is 0.336 e. The van der Waals surface area contributed by atoms with Crippen molar-refractivity contribution in [3.8, 4) is 0 Å². The van der Waals surface area contributed by atoms with Crippen LogP contribution in [-0.4, -0.2) is 56.9 Å². The van der Waals surface area contributed by atoms with E-state index in [0.717, 1.165) is 15.1 Å². The SMILES string of the molecule is CN(C)S(=O)(=O)NCCNC(=O)c1cc2ccccc2cc1C(=O)O. The highest BCUT2D eigenvalue weighted by Gasteiger charge is 2.18. The predicted molar refractivity (Wildman–Crippen MR) is 93.9 cm³/mol. The normalized spacial score (nSPS) is 11.6. The number of aromatic carboxylic acids is 1. The molecule has 0 unspecified atom stereocenters. The summed E-state index contributed by atoms with van der Waals surface area (Å²) in [4.78, 5) is 23.7. The second-order valence-corrected chi connectivity index (χ2v) is 7.46. The number of carbonyl (C=O) groups is 2. The first-order valence-corrected chi connectivity index (χ1v) is 8.88. The molecule has 0 fully saturated rings. The van der Waals surface area contributed by atoms with Gasteiger partial charge in [0.05, 0.1) is 11.1 Å². The minimum atomic E-state index is -3.57. The number of amides is 1. The third-order valence-electron chi connectivity index (χ3n) is 3.54. The zero-order chi connectivity index (χ0) is 18.6. The molecule has 0 radical (unpaired) electrons. The summed E-state index contributed by atoms with van der Waals surface area (Å²) in [6.45, 7) is 0.0139. The predicted octanol–water partition coefficient (Wildman–Crippen LogP) is 0.664. The molecule has 8 nitrogen and oxygen atoms in total. The topological polar surface area (TPSA) is 116 Å². The fourth-order valence-electron chi connectivity index (χ4n) is 2.19. The van der Waals surface area contributed by atoms with Crippen molar-refractivity contribution < 1.29 is 23.1 Å². The molecule has 1 amide bonds. The fourth-order valence-corrected chi connectivity index (χ4v) is 2.80. The Balaban J connectivity index is 2.13. The molecule has 0 spiro atoms. The molecule has 0 bridgehead atoms. The summed E-state index contributed by atoms with van der Waals surface area (Å²) in [6.07, 6.45) is 0. The van der Waals surface area contributed by atoms with E-state index in [0.29, 0.717) is 0 Å². The van der Waals surface area contributed by atoms with Crippen molar-refractivity contribution in [3.05, 3.63) is 47.5 Å². The van der Waals surface area contributed by atoms with Gasteiger partial charge in [-0.15, -0.1) is 0 Å². The first-order valence-electron chi connectivity index (χ1n) is 7.44. The lowest BCUT2D eigenvalue weighted by Gasteiger charge is -2.13. The molecule has 0 saturated carbocycles. The second kappa shape index (κ2) is 7.60. The van der Waals surface area contributed by atoms with E-state index in [2.05, 4.69) is 10.0 Å². The summed E-state index contributed by atoms with van der Waals surface area (Å²) in [7, 11) is -0.805. The monoisotopic (exact) mass is 365 g/mol. The Bertz CT molecular complexity index is 909. The first kappa shape index (κ1) is 18.8. The fraction of sp³-hybridized carbons (Fsp3) is 0.250. The highest BCUT2D eigenvalue weighted by atomic mass is 32.2. The van der Waals surface area contributed by atoms with E-state index < -0.39 is 22.1 Å². The maximum Gasteiger partial charge on any atom is 0.336 e. The number of rotatable bonds is 7. The Hall–Kier alpha value is -2.49. The van der Waals surface area contributed by atoms with Crippen LogP contribution in [0.1, 0.15) is 20.7 Å². The Labute approximate surface area is 145 Å². The van der Waals surface area contributed by atoms with Crippen LogP contribution in [0.3, 0.4) is 0 Å². The molecule has 134 valence electrons. The van der Waals surface area contributed by atoms with Gasteiger partial charge >= 0.3 is 5.97 Å². The highest BCUT2D eigenvalue weighted by molar-refractivity contribution is 7.87. The number of nitrogens with zero attached hydrogens (tertiary/aromatic N) is 1. The van der Waals surface area contributed by atoms with Gasteiger partial charge in [0.15, 0.2) is 0 Å². The van der Waals surface area contributed by atoms with Crippen molar-refractivity contribution in [1.29, 1.82) is 0 Å². The zero-order valence-corrected chi connectivity index (χ0v) is 14.6. The van der Waals surface area contributed by atoms with Crippen molar-refractivity contribution in [3.63, 3.8) is 0 Å². The quantitative estimate of drug-likeness (QED) is 0.624. The summed E-state index contributed by atoms with van der Waals surface area (Å²) < 4.78 is 26.4. The Morgan fingerprint density at radius 1 is 1.04 bits per heavy atom. The highest BCUT2D eigenvalue weighted by Crippen LogP contribution is 2.20. The van der Waals surface area contributed by atoms with Crippen LogP contribution in [0.25, 0.3) is 10.8 Å². The lowest BCUT2D eigenvalue weighted by Crippen LogP contribution is -2.40. The number of hydrogen-bond donors (Lipinski definition) is 3. The molecule has 0 atom stereocenters. The molecule has 0 aliphatic carbocycles. The molecular formula is C16H19N3O5S. The third-order valence-corrected chi connectivity index (χ3v) is 5.07. The largest absolute Gasteiger partial charge is 0.478 e. The van der Waals surface area contributed by atoms with E-state index in [1.54, 1.807) is 24.3 Å². The average Bonchev–Trinajstić information content (AvgIpc) is 2.57. The Morgan fingerprint density at radius 2 is 1.60 bits per heavy atom. The molecule has 2 aromatic carbocycles. The average molecular weight is 365 g/mol. The molecule has 2 rings (SSSR count). The molecule has 9 heteroatoms. The van der Waals surface area contributed by atoms with Crippen LogP contribution < -0.4 is 10.0 Å². The summed E-state index contributed by atoms with van der Waals surface area (Å²) in [5.41, 5.74) is -0.0771. The van der Waals surface area contributed by atoms with Crippen LogP contribution in [0, 0.1) is 0 Å². The van der Waals surface area contributed by atoms with E-state index in [1.807, 2.05) is 0 Å². The van der Waals surface area contributed by atoms with Crippen molar-refractivity contribution in [2.24, 2.45) is 0 Å². The van der Waals surface area contributed by atoms with E-state index >= 15 is 0 Å². The number of carboxylic acids is 1. The number of hydrogen-bond acceptors (Lipinski definition) is 4. The summed E-state index contributed by atoms with van der Waals surface area (Å²) in [5, 5.41) is 13.3. The number of carbonyl (C=O) groups excluding carboxylic acids is 1. The number of fused-ring (bicyclic) bond motifs is 1. The minimum absolute atomic E-state index is 0.0117. The van der Waals surface area contributed by atoms with Gasteiger partial charge in [0.25, 0.3) is 16.1 Å². The van der Waals surface area contributed by atoms with Gasteiger partial charge in [-0.2, -0.15) is 12.7 Å². The van der Waals surface area contributed by atoms with Gasteiger partial charge in [-0.05, 0) is 22.9 Å². The maximum absolute atomic E-state index is 12.3. The standard InChI is InChI=1S/C16H19N3O5S/c1-19(2)25(23,24)18-8-7-17-15(20)13-9-11-5-3-4-6-12(11)10-14(13)16(21)22/h3-6,9-10,18H,7-8H2,1-2H3,(H,17,20)(H,21,22). The molecule has 0 aliphatic rings. The van der Waals surface area contributed by atoms with Gasteiger partial charge in [0, 0.05) is 27.2 Å². The van der Waals surface area contributed by atoms with E-state index in [4.69, 9.17) is 0 Å². The van der Waals surface area contributed by atoms with Gasteiger partial charge in [-0.1, -0.05) is 24.3 Å². The van der Waals surface area contributed by atoms with E-state index in [-0.39, 0.29) is 24.2 Å². The molecule has 25 heavy (non-hydrogen) atoms. The lowest BCUT2D eigenvalue weighted by atomic mass is 10.0. The van der Waals surface area contributed by atoms with Crippen molar-refractivity contribution in [1.82, 2.24) is 14.3 Å². The molecule has 3 N–H and O–H groups in total. The van der Waals surface area contributed by atoms with Crippen LogP contribution in [-0.2, 0) is 10.2 Å². The van der Waals surface area contributed by atoms with Gasteiger partial charge < -0.3 is 10.4 Å².